The molecule has 2 aromatic rings. The number of nitrogens with one attached hydrogen (secondary N) is 2. The van der Waals surface area contributed by atoms with E-state index < -0.39 is 10.0 Å². The first kappa shape index (κ1) is 21.3. The normalized spacial score (nSPS) is 12.4. The molecule has 2 N–H and O–H groups in total. The molecule has 0 aliphatic heterocycles. The van der Waals surface area contributed by atoms with E-state index in [9.17, 15) is 8.42 Å². The summed E-state index contributed by atoms with van der Waals surface area (Å²) in [6.07, 6.45) is 0.844. The number of guanidine groups is 1. The van der Waals surface area contributed by atoms with E-state index in [4.69, 9.17) is 0 Å². The third kappa shape index (κ3) is 5.75. The Morgan fingerprint density at radius 1 is 1.19 bits per heavy atom. The van der Waals surface area contributed by atoms with Gasteiger partial charge in [0.1, 0.15) is 0 Å². The van der Waals surface area contributed by atoms with Gasteiger partial charge in [-0.2, -0.15) is 0 Å². The number of thiazole rings is 1. The van der Waals surface area contributed by atoms with Crippen LogP contribution in [0.15, 0.2) is 34.2 Å². The molecule has 1 aromatic heterocycles. The van der Waals surface area contributed by atoms with E-state index in [2.05, 4.69) is 27.5 Å². The molecule has 1 heterocycles. The Morgan fingerprint density at radius 3 is 2.37 bits per heavy atom. The zero-order chi connectivity index (χ0) is 20.0. The van der Waals surface area contributed by atoms with Crippen LogP contribution in [0.1, 0.15) is 21.1 Å². The van der Waals surface area contributed by atoms with Gasteiger partial charge in [0.2, 0.25) is 10.0 Å². The minimum Gasteiger partial charge on any atom is -0.356 e. The Labute approximate surface area is 165 Å². The zero-order valence-corrected chi connectivity index (χ0v) is 18.0. The number of aliphatic imine (C=N–C) groups is 1. The molecular formula is C18H27N5O2S2. The fourth-order valence-corrected chi connectivity index (χ4v) is 4.17. The van der Waals surface area contributed by atoms with Gasteiger partial charge >= 0.3 is 0 Å². The van der Waals surface area contributed by atoms with E-state index in [1.807, 2.05) is 6.92 Å². The molecule has 0 saturated heterocycles. The SMILES string of the molecule is CN=C(NCCc1nc(C)c(C)s1)NCc1ccc(S(=O)(=O)N(C)C)cc1. The molecule has 2 rings (SSSR count). The molecule has 148 valence electrons. The molecule has 0 fully saturated rings. The molecule has 0 radical (unpaired) electrons. The van der Waals surface area contributed by atoms with Gasteiger partial charge in [0, 0.05) is 45.5 Å². The lowest BCUT2D eigenvalue weighted by atomic mass is 10.2. The summed E-state index contributed by atoms with van der Waals surface area (Å²) in [5.41, 5.74) is 2.07. The van der Waals surface area contributed by atoms with Crippen LogP contribution in [0.3, 0.4) is 0 Å². The monoisotopic (exact) mass is 409 g/mol. The summed E-state index contributed by atoms with van der Waals surface area (Å²) in [4.78, 5) is 10.3. The van der Waals surface area contributed by atoms with Gasteiger partial charge < -0.3 is 10.6 Å². The number of rotatable bonds is 7. The van der Waals surface area contributed by atoms with Crippen molar-refractivity contribution in [1.29, 1.82) is 0 Å². The summed E-state index contributed by atoms with van der Waals surface area (Å²) in [5, 5.41) is 7.62. The van der Waals surface area contributed by atoms with Crippen LogP contribution in [0.2, 0.25) is 0 Å². The standard InChI is InChI=1S/C18H27N5O2S2/c1-13-14(2)26-17(22-13)10-11-20-18(19-3)21-12-15-6-8-16(9-7-15)27(24,25)23(4)5/h6-9H,10-12H2,1-5H3,(H2,19,20,21). The molecule has 0 unspecified atom stereocenters. The van der Waals surface area contributed by atoms with Crippen molar-refractivity contribution in [1.82, 2.24) is 19.9 Å². The Morgan fingerprint density at radius 2 is 1.85 bits per heavy atom. The Bertz CT molecular complexity index is 867. The number of benzene rings is 1. The molecule has 9 heteroatoms. The van der Waals surface area contributed by atoms with E-state index in [-0.39, 0.29) is 4.90 Å². The maximum absolute atomic E-state index is 12.1. The number of aromatic nitrogens is 1. The van der Waals surface area contributed by atoms with E-state index in [1.54, 1.807) is 42.6 Å². The number of sulfonamides is 1. The van der Waals surface area contributed by atoms with Gasteiger partial charge in [-0.25, -0.2) is 17.7 Å². The molecule has 27 heavy (non-hydrogen) atoms. The number of hydrogen-bond donors (Lipinski definition) is 2. The van der Waals surface area contributed by atoms with Gasteiger partial charge in [-0.3, -0.25) is 4.99 Å². The molecule has 0 aliphatic rings. The second-order valence-corrected chi connectivity index (χ2v) is 9.72. The highest BCUT2D eigenvalue weighted by Crippen LogP contribution is 2.16. The van der Waals surface area contributed by atoms with Gasteiger partial charge in [-0.05, 0) is 31.5 Å². The summed E-state index contributed by atoms with van der Waals surface area (Å²) in [5.74, 6) is 0.699. The number of aryl methyl sites for hydroxylation is 2. The molecule has 0 atom stereocenters. The van der Waals surface area contributed by atoms with E-state index in [0.29, 0.717) is 12.5 Å². The third-order valence-corrected chi connectivity index (χ3v) is 7.05. The van der Waals surface area contributed by atoms with Crippen molar-refractivity contribution in [3.63, 3.8) is 0 Å². The minimum atomic E-state index is -3.40. The Hall–Kier alpha value is -1.97. The van der Waals surface area contributed by atoms with Crippen LogP contribution in [-0.2, 0) is 23.0 Å². The lowest BCUT2D eigenvalue weighted by molar-refractivity contribution is 0.520. The summed E-state index contributed by atoms with van der Waals surface area (Å²) in [7, 11) is 1.37. The van der Waals surface area contributed by atoms with Crippen molar-refractivity contribution in [2.75, 3.05) is 27.7 Å². The summed E-state index contributed by atoms with van der Waals surface area (Å²) >= 11 is 1.73. The highest BCUT2D eigenvalue weighted by atomic mass is 32.2. The van der Waals surface area contributed by atoms with Crippen LogP contribution in [-0.4, -0.2) is 51.4 Å². The van der Waals surface area contributed by atoms with E-state index in [1.165, 1.54) is 23.3 Å². The maximum atomic E-state index is 12.1. The Balaban J connectivity index is 1.85. The summed E-state index contributed by atoms with van der Waals surface area (Å²) in [6.45, 7) is 5.40. The molecule has 0 aliphatic carbocycles. The van der Waals surface area contributed by atoms with Crippen molar-refractivity contribution in [2.45, 2.75) is 31.7 Å². The van der Waals surface area contributed by atoms with Gasteiger partial charge in [0.15, 0.2) is 5.96 Å². The van der Waals surface area contributed by atoms with Crippen LogP contribution >= 0.6 is 11.3 Å². The van der Waals surface area contributed by atoms with Gasteiger partial charge in [0.05, 0.1) is 15.6 Å². The minimum absolute atomic E-state index is 0.285. The van der Waals surface area contributed by atoms with Gasteiger partial charge in [-0.15, -0.1) is 11.3 Å². The van der Waals surface area contributed by atoms with Crippen LogP contribution in [0, 0.1) is 13.8 Å². The Kier molecular flexibility index (Phi) is 7.34. The fourth-order valence-electron chi connectivity index (χ4n) is 2.33. The summed E-state index contributed by atoms with van der Waals surface area (Å²) < 4.78 is 25.4. The fraction of sp³-hybridized carbons (Fsp3) is 0.444. The van der Waals surface area contributed by atoms with Gasteiger partial charge in [0.25, 0.3) is 0 Å². The van der Waals surface area contributed by atoms with E-state index >= 15 is 0 Å². The van der Waals surface area contributed by atoms with Crippen molar-refractivity contribution in [3.05, 3.63) is 45.4 Å². The van der Waals surface area contributed by atoms with Crippen molar-refractivity contribution in [2.24, 2.45) is 4.99 Å². The maximum Gasteiger partial charge on any atom is 0.242 e. The first-order valence-corrected chi connectivity index (χ1v) is 10.9. The number of hydrogen-bond acceptors (Lipinski definition) is 5. The van der Waals surface area contributed by atoms with Crippen LogP contribution < -0.4 is 10.6 Å². The molecule has 1 aromatic carbocycles. The molecule has 0 amide bonds. The first-order valence-electron chi connectivity index (χ1n) is 8.63. The predicted molar refractivity (Wildman–Crippen MR) is 111 cm³/mol. The van der Waals surface area contributed by atoms with Crippen molar-refractivity contribution < 1.29 is 8.42 Å². The predicted octanol–water partition coefficient (Wildman–Crippen LogP) is 1.92. The van der Waals surface area contributed by atoms with Crippen LogP contribution in [0.5, 0.6) is 0 Å². The van der Waals surface area contributed by atoms with Gasteiger partial charge in [-0.1, -0.05) is 12.1 Å². The second kappa shape index (κ2) is 9.29. The lowest BCUT2D eigenvalue weighted by Gasteiger charge is -2.13. The average Bonchev–Trinajstić information content (AvgIpc) is 2.95. The topological polar surface area (TPSA) is 86.7 Å². The van der Waals surface area contributed by atoms with E-state index in [0.717, 1.165) is 29.2 Å². The molecular weight excluding hydrogens is 382 g/mol. The largest absolute Gasteiger partial charge is 0.356 e. The molecule has 7 nitrogen and oxygen atoms in total. The van der Waals surface area contributed by atoms with Crippen LogP contribution in [0.25, 0.3) is 0 Å². The lowest BCUT2D eigenvalue weighted by Crippen LogP contribution is -2.37. The zero-order valence-electron chi connectivity index (χ0n) is 16.4. The molecule has 0 bridgehead atoms. The highest BCUT2D eigenvalue weighted by molar-refractivity contribution is 7.89. The molecule has 0 saturated carbocycles. The summed E-state index contributed by atoms with van der Waals surface area (Å²) in [6, 6.07) is 6.85. The molecule has 0 spiro atoms. The van der Waals surface area contributed by atoms with Crippen molar-refractivity contribution >= 4 is 27.3 Å². The van der Waals surface area contributed by atoms with Crippen molar-refractivity contribution in [3.8, 4) is 0 Å². The smallest absolute Gasteiger partial charge is 0.242 e. The second-order valence-electron chi connectivity index (χ2n) is 6.28. The average molecular weight is 410 g/mol. The first-order chi connectivity index (χ1) is 12.7. The number of nitrogens with zero attached hydrogens (tertiary/aromatic N) is 3. The third-order valence-electron chi connectivity index (χ3n) is 4.09. The quantitative estimate of drug-likeness (QED) is 0.539. The van der Waals surface area contributed by atoms with Crippen LogP contribution in [0.4, 0.5) is 0 Å². The highest BCUT2D eigenvalue weighted by Gasteiger charge is 2.16.